The van der Waals surface area contributed by atoms with Gasteiger partial charge in [-0.15, -0.1) is 0 Å². The molecule has 0 unspecified atom stereocenters. The highest BCUT2D eigenvalue weighted by Gasteiger charge is 2.52. The standard InChI is InChI=1S/C26H26N2O5/c29-23(28-26(12-13-26)24(30)31)16-6-5-7-17(14-16)27-25(32)33-15-22-20-10-3-1-8-18(20)19-9-2-4-11-21(19)22/h1-5,7-11,16-17,22H,6,12-15H2,(H,27,32)(H,28,29)(H,30,31)/t16-,17-/m1/s1. The number of carboxylic acid groups (broad SMARTS) is 1. The molecule has 7 nitrogen and oxygen atoms in total. The van der Waals surface area contributed by atoms with Gasteiger partial charge in [-0.3, -0.25) is 4.79 Å². The second kappa shape index (κ2) is 8.39. The molecule has 7 heteroatoms. The molecular weight excluding hydrogens is 420 g/mol. The highest BCUT2D eigenvalue weighted by molar-refractivity contribution is 5.90. The number of fused-ring (bicyclic) bond motifs is 3. The lowest BCUT2D eigenvalue weighted by Gasteiger charge is -2.26. The van der Waals surface area contributed by atoms with E-state index < -0.39 is 17.6 Å². The van der Waals surface area contributed by atoms with Gasteiger partial charge in [0.05, 0.1) is 6.04 Å². The lowest BCUT2D eigenvalue weighted by Crippen LogP contribution is -2.47. The van der Waals surface area contributed by atoms with E-state index in [-0.39, 0.29) is 30.4 Å². The molecule has 2 amide bonds. The second-order valence-corrected chi connectivity index (χ2v) is 9.05. The van der Waals surface area contributed by atoms with Crippen LogP contribution in [0.25, 0.3) is 11.1 Å². The van der Waals surface area contributed by atoms with Crippen LogP contribution in [0.15, 0.2) is 60.7 Å². The van der Waals surface area contributed by atoms with Crippen LogP contribution in [0.2, 0.25) is 0 Å². The summed E-state index contributed by atoms with van der Waals surface area (Å²) in [4.78, 5) is 36.5. The number of carbonyl (C=O) groups excluding carboxylic acids is 2. The average molecular weight is 447 g/mol. The van der Waals surface area contributed by atoms with E-state index in [1.807, 2.05) is 36.4 Å². The molecule has 0 saturated heterocycles. The van der Waals surface area contributed by atoms with Crippen molar-refractivity contribution in [1.29, 1.82) is 0 Å². The first-order chi connectivity index (χ1) is 16.0. The largest absolute Gasteiger partial charge is 0.480 e. The summed E-state index contributed by atoms with van der Waals surface area (Å²) in [5.74, 6) is -1.67. The number of nitrogens with one attached hydrogen (secondary N) is 2. The van der Waals surface area contributed by atoms with Crippen LogP contribution in [0.1, 0.15) is 42.7 Å². The zero-order valence-corrected chi connectivity index (χ0v) is 18.1. The Balaban J connectivity index is 1.17. The van der Waals surface area contributed by atoms with E-state index in [0.29, 0.717) is 25.7 Å². The summed E-state index contributed by atoms with van der Waals surface area (Å²) < 4.78 is 5.60. The number of hydrogen-bond donors (Lipinski definition) is 3. The SMILES string of the molecule is O=C(N[C@@H]1C=CC[C@@H](C(=O)NC2(C(=O)O)CC2)C1)OCC1c2ccccc2-c2ccccc21. The van der Waals surface area contributed by atoms with E-state index >= 15 is 0 Å². The van der Waals surface area contributed by atoms with E-state index in [2.05, 4.69) is 34.9 Å². The summed E-state index contributed by atoms with van der Waals surface area (Å²) in [6, 6.07) is 16.0. The van der Waals surface area contributed by atoms with Gasteiger partial charge < -0.3 is 20.5 Å². The van der Waals surface area contributed by atoms with Crippen molar-refractivity contribution in [2.75, 3.05) is 6.61 Å². The molecule has 33 heavy (non-hydrogen) atoms. The first-order valence-corrected chi connectivity index (χ1v) is 11.3. The Labute approximate surface area is 191 Å². The van der Waals surface area contributed by atoms with Crippen molar-refractivity contribution in [2.24, 2.45) is 5.92 Å². The maximum absolute atomic E-state index is 12.6. The molecular formula is C26H26N2O5. The molecule has 0 heterocycles. The summed E-state index contributed by atoms with van der Waals surface area (Å²) in [5, 5.41) is 14.8. The second-order valence-electron chi connectivity index (χ2n) is 9.05. The lowest BCUT2D eigenvalue weighted by molar-refractivity contribution is -0.143. The third-order valence-corrected chi connectivity index (χ3v) is 6.87. The van der Waals surface area contributed by atoms with Gasteiger partial charge in [-0.1, -0.05) is 60.7 Å². The van der Waals surface area contributed by atoms with Crippen molar-refractivity contribution in [3.8, 4) is 11.1 Å². The highest BCUT2D eigenvalue weighted by atomic mass is 16.5. The van der Waals surface area contributed by atoms with Gasteiger partial charge in [0.2, 0.25) is 5.91 Å². The van der Waals surface area contributed by atoms with Gasteiger partial charge in [0.25, 0.3) is 0 Å². The Morgan fingerprint density at radius 2 is 1.64 bits per heavy atom. The zero-order valence-electron chi connectivity index (χ0n) is 18.1. The fourth-order valence-electron chi connectivity index (χ4n) is 4.86. The Hall–Kier alpha value is -3.61. The van der Waals surface area contributed by atoms with Crippen LogP contribution in [-0.4, -0.2) is 41.3 Å². The van der Waals surface area contributed by atoms with Gasteiger partial charge in [-0.25, -0.2) is 9.59 Å². The third kappa shape index (κ3) is 4.11. The average Bonchev–Trinajstić information content (AvgIpc) is 3.54. The van der Waals surface area contributed by atoms with Crippen LogP contribution >= 0.6 is 0 Å². The molecule has 1 saturated carbocycles. The van der Waals surface area contributed by atoms with Gasteiger partial charge in [-0.2, -0.15) is 0 Å². The number of aliphatic carboxylic acids is 1. The van der Waals surface area contributed by atoms with Crippen molar-refractivity contribution in [2.45, 2.75) is 43.2 Å². The van der Waals surface area contributed by atoms with E-state index in [0.717, 1.165) is 11.1 Å². The molecule has 0 spiro atoms. The van der Waals surface area contributed by atoms with Crippen LogP contribution in [0.4, 0.5) is 4.79 Å². The maximum Gasteiger partial charge on any atom is 0.407 e. The van der Waals surface area contributed by atoms with E-state index in [9.17, 15) is 19.5 Å². The predicted octanol–water partition coefficient (Wildman–Crippen LogP) is 3.59. The number of ether oxygens (including phenoxy) is 1. The van der Waals surface area contributed by atoms with Crippen LogP contribution in [0, 0.1) is 5.92 Å². The summed E-state index contributed by atoms with van der Waals surface area (Å²) in [6.45, 7) is 0.224. The summed E-state index contributed by atoms with van der Waals surface area (Å²) in [6.07, 6.45) is 5.01. The minimum absolute atomic E-state index is 0.0191. The molecule has 5 rings (SSSR count). The van der Waals surface area contributed by atoms with Gasteiger partial charge >= 0.3 is 12.1 Å². The molecule has 0 aliphatic heterocycles. The van der Waals surface area contributed by atoms with E-state index in [1.54, 1.807) is 0 Å². The van der Waals surface area contributed by atoms with Crippen LogP contribution in [0.3, 0.4) is 0 Å². The van der Waals surface area contributed by atoms with Gasteiger partial charge in [0, 0.05) is 11.8 Å². The Bertz CT molecular complexity index is 1090. The monoisotopic (exact) mass is 446 g/mol. The number of benzene rings is 2. The quantitative estimate of drug-likeness (QED) is 0.588. The van der Waals surface area contributed by atoms with Gasteiger partial charge in [0.1, 0.15) is 12.1 Å². The number of rotatable bonds is 6. The van der Waals surface area contributed by atoms with E-state index in [4.69, 9.17) is 4.74 Å². The molecule has 2 aromatic carbocycles. The summed E-state index contributed by atoms with van der Waals surface area (Å²) >= 11 is 0. The van der Waals surface area contributed by atoms with Crippen molar-refractivity contribution in [3.63, 3.8) is 0 Å². The highest BCUT2D eigenvalue weighted by Crippen LogP contribution is 2.44. The lowest BCUT2D eigenvalue weighted by atomic mass is 9.90. The number of hydrogen-bond acceptors (Lipinski definition) is 4. The molecule has 1 fully saturated rings. The van der Waals surface area contributed by atoms with Gasteiger partial charge in [-0.05, 0) is 47.9 Å². The minimum atomic E-state index is -1.10. The minimum Gasteiger partial charge on any atom is -0.480 e. The number of amides is 2. The molecule has 2 aromatic rings. The summed E-state index contributed by atoms with van der Waals surface area (Å²) in [7, 11) is 0. The first kappa shape index (κ1) is 21.2. The fraction of sp³-hybridized carbons (Fsp3) is 0.346. The Kier molecular flexibility index (Phi) is 5.40. The van der Waals surface area contributed by atoms with Crippen LogP contribution in [-0.2, 0) is 14.3 Å². The van der Waals surface area contributed by atoms with Gasteiger partial charge in [0.15, 0.2) is 0 Å². The molecule has 0 radical (unpaired) electrons. The normalized spacial score (nSPS) is 22.1. The van der Waals surface area contributed by atoms with Crippen molar-refractivity contribution < 1.29 is 24.2 Å². The Morgan fingerprint density at radius 1 is 1.00 bits per heavy atom. The molecule has 0 aromatic heterocycles. The fourth-order valence-corrected chi connectivity index (χ4v) is 4.86. The number of allylic oxidation sites excluding steroid dienone is 1. The molecule has 0 bridgehead atoms. The van der Waals surface area contributed by atoms with Crippen molar-refractivity contribution in [1.82, 2.24) is 10.6 Å². The maximum atomic E-state index is 12.6. The number of carboxylic acids is 1. The van der Waals surface area contributed by atoms with Crippen molar-refractivity contribution >= 4 is 18.0 Å². The molecule has 3 N–H and O–H groups in total. The first-order valence-electron chi connectivity index (χ1n) is 11.3. The van der Waals surface area contributed by atoms with E-state index in [1.165, 1.54) is 11.1 Å². The summed E-state index contributed by atoms with van der Waals surface area (Å²) in [5.41, 5.74) is 3.52. The molecule has 2 atom stereocenters. The predicted molar refractivity (Wildman–Crippen MR) is 122 cm³/mol. The molecule has 3 aliphatic carbocycles. The van der Waals surface area contributed by atoms with Crippen LogP contribution in [0.5, 0.6) is 0 Å². The smallest absolute Gasteiger partial charge is 0.407 e. The van der Waals surface area contributed by atoms with Crippen LogP contribution < -0.4 is 10.6 Å². The number of alkyl carbamates (subject to hydrolysis) is 1. The van der Waals surface area contributed by atoms with Crippen molar-refractivity contribution in [3.05, 3.63) is 71.8 Å². The topological polar surface area (TPSA) is 105 Å². The third-order valence-electron chi connectivity index (χ3n) is 6.87. The Morgan fingerprint density at radius 3 is 2.24 bits per heavy atom. The molecule has 3 aliphatic rings. The number of carbonyl (C=O) groups is 3. The molecule has 170 valence electrons. The zero-order chi connectivity index (χ0) is 23.0.